The number of rotatable bonds is 14. The summed E-state index contributed by atoms with van der Waals surface area (Å²) in [6.45, 7) is 11.5. The molecule has 0 atom stereocenters. The Bertz CT molecular complexity index is 5100. The highest BCUT2D eigenvalue weighted by atomic mass is 16.5. The van der Waals surface area contributed by atoms with Gasteiger partial charge in [-0.1, -0.05) is 75.4 Å². The summed E-state index contributed by atoms with van der Waals surface area (Å²) in [4.78, 5) is 102. The maximum absolute atomic E-state index is 12.7. The average molecular weight is 1200 g/mol. The Morgan fingerprint density at radius 1 is 0.449 bits per heavy atom. The van der Waals surface area contributed by atoms with Gasteiger partial charge in [0, 0.05) is 94.1 Å². The predicted molar refractivity (Wildman–Crippen MR) is 335 cm³/mol. The fraction of sp³-hybridized carbons (Fsp3) is 0.188. The normalized spacial score (nSPS) is 11.3. The number of carbonyl (C=O) groups excluding carboxylic acids is 2. The third-order valence-corrected chi connectivity index (χ3v) is 14.7. The van der Waals surface area contributed by atoms with Gasteiger partial charge in [-0.2, -0.15) is 0 Å². The molecule has 0 saturated carbocycles. The van der Waals surface area contributed by atoms with E-state index in [9.17, 15) is 48.6 Å². The van der Waals surface area contributed by atoms with Crippen molar-refractivity contribution in [2.75, 3.05) is 26.7 Å². The second kappa shape index (κ2) is 26.3. The summed E-state index contributed by atoms with van der Waals surface area (Å²) in [5, 5.41) is 24.6. The van der Waals surface area contributed by atoms with Gasteiger partial charge in [-0.05, 0) is 106 Å². The van der Waals surface area contributed by atoms with Crippen LogP contribution < -0.4 is 38.5 Å². The van der Waals surface area contributed by atoms with Crippen LogP contribution in [0.2, 0.25) is 0 Å². The zero-order valence-electron chi connectivity index (χ0n) is 49.1. The van der Waals surface area contributed by atoms with E-state index in [1.165, 1.54) is 38.1 Å². The number of phenolic OH excluding ortho intramolecular Hbond substituents is 2. The summed E-state index contributed by atoms with van der Waals surface area (Å²) in [5.74, 6) is -0.995. The van der Waals surface area contributed by atoms with Crippen molar-refractivity contribution >= 4 is 77.8 Å². The van der Waals surface area contributed by atoms with Gasteiger partial charge in [0.2, 0.25) is 0 Å². The highest BCUT2D eigenvalue weighted by Crippen LogP contribution is 2.37. The number of carbonyl (C=O) groups is 2. The van der Waals surface area contributed by atoms with Gasteiger partial charge in [0.05, 0.1) is 33.4 Å². The van der Waals surface area contributed by atoms with Crippen molar-refractivity contribution in [1.82, 2.24) is 9.80 Å². The number of fused-ring (bicyclic) bond motifs is 6. The van der Waals surface area contributed by atoms with Crippen LogP contribution in [0.1, 0.15) is 57.7 Å². The van der Waals surface area contributed by atoms with Gasteiger partial charge in [0.25, 0.3) is 0 Å². The van der Waals surface area contributed by atoms with Gasteiger partial charge in [0.1, 0.15) is 57.4 Å². The molecule has 0 saturated heterocycles. The van der Waals surface area contributed by atoms with E-state index < -0.39 is 45.7 Å². The lowest BCUT2D eigenvalue weighted by Crippen LogP contribution is -2.22. The van der Waals surface area contributed by atoms with Crippen LogP contribution >= 0.6 is 0 Å². The minimum absolute atomic E-state index is 0.0371. The summed E-state index contributed by atoms with van der Waals surface area (Å²) in [6.07, 6.45) is 0.954. The number of esters is 2. The van der Waals surface area contributed by atoms with Crippen molar-refractivity contribution < 1.29 is 55.8 Å². The van der Waals surface area contributed by atoms with E-state index in [-0.39, 0.29) is 68.4 Å². The molecule has 0 unspecified atom stereocenters. The molecule has 12 rings (SSSR count). The fourth-order valence-corrected chi connectivity index (χ4v) is 10.5. The van der Waals surface area contributed by atoms with Crippen LogP contribution in [-0.2, 0) is 34.0 Å². The lowest BCUT2D eigenvalue weighted by Gasteiger charge is -2.19. The molecule has 0 radical (unpaired) electrons. The number of ether oxygens (including phenoxy) is 2. The van der Waals surface area contributed by atoms with Crippen molar-refractivity contribution in [2.24, 2.45) is 0 Å². The topological polar surface area (TPSA) is 281 Å². The van der Waals surface area contributed by atoms with E-state index in [0.717, 1.165) is 36.8 Å². The summed E-state index contributed by atoms with van der Waals surface area (Å²) >= 11 is 0. The lowest BCUT2D eigenvalue weighted by molar-refractivity contribution is -0.142. The number of aromatic hydroxyl groups is 2. The van der Waals surface area contributed by atoms with Gasteiger partial charge in [-0.25, -0.2) is 28.8 Å². The standard InChI is InChI=1S/2C23H21NO5.C23H16O8/c1-3-10-24(2)13-18-19(25)9-8-15-16(12-21(26)29-22(15)18)17-11-14-6-4-5-7-20(14)28-23(17)27;1-3-24(4-2)13-18-19(25)10-9-15-16(12-21(26)29-22(15)18)17-11-14-7-5-6-8-20(14)28-23(17)27;1-12(24)28-11-18-20(29-13(2)25)8-7-15-16(10-21(26)31-22(15)18)17-9-14-5-3-4-6-19(14)30-23(17)27/h4-9,11-12,25H,3,10,13H2,1-2H3;5-12,25H,3-4,13H2,1-2H3;3-10H,11H2,1-2H3. The molecule has 0 amide bonds. The molecule has 20 nitrogen and oxygen atoms in total. The second-order valence-corrected chi connectivity index (χ2v) is 20.8. The van der Waals surface area contributed by atoms with Crippen LogP contribution in [0, 0.1) is 0 Å². The molecule has 0 bridgehead atoms. The molecule has 6 heterocycles. The summed E-state index contributed by atoms with van der Waals surface area (Å²) < 4.78 is 42.8. The quantitative estimate of drug-likeness (QED) is 0.0581. The van der Waals surface area contributed by atoms with E-state index in [4.69, 9.17) is 36.0 Å². The minimum Gasteiger partial charge on any atom is -0.507 e. The highest BCUT2D eigenvalue weighted by Gasteiger charge is 2.23. The first-order chi connectivity index (χ1) is 42.8. The largest absolute Gasteiger partial charge is 0.507 e. The van der Waals surface area contributed by atoms with Crippen molar-refractivity contribution in [3.05, 3.63) is 225 Å². The number of nitrogens with zero attached hydrogens (tertiary/aromatic N) is 2. The van der Waals surface area contributed by atoms with Crippen LogP contribution in [0.3, 0.4) is 0 Å². The van der Waals surface area contributed by atoms with Crippen molar-refractivity contribution in [3.63, 3.8) is 0 Å². The molecule has 0 aliphatic rings. The van der Waals surface area contributed by atoms with E-state index in [1.54, 1.807) is 97.1 Å². The van der Waals surface area contributed by atoms with Gasteiger partial charge in [-0.3, -0.25) is 14.5 Å². The average Bonchev–Trinajstić information content (AvgIpc) is 0.941. The zero-order valence-corrected chi connectivity index (χ0v) is 49.1. The minimum atomic E-state index is -0.737. The number of benzene rings is 6. The lowest BCUT2D eigenvalue weighted by atomic mass is 9.99. The molecule has 12 aromatic rings. The monoisotopic (exact) mass is 1200 g/mol. The zero-order chi connectivity index (χ0) is 63.2. The Morgan fingerprint density at radius 2 is 0.831 bits per heavy atom. The molecule has 2 N–H and O–H groups in total. The molecule has 0 fully saturated rings. The Labute approximate surface area is 504 Å². The summed E-state index contributed by atoms with van der Waals surface area (Å²) in [5.41, 5.74) is 1.44. The van der Waals surface area contributed by atoms with Gasteiger partial charge < -0.3 is 51.1 Å². The molecule has 0 aliphatic heterocycles. The summed E-state index contributed by atoms with van der Waals surface area (Å²) in [7, 11) is 1.93. The first-order valence-electron chi connectivity index (χ1n) is 28.3. The second-order valence-electron chi connectivity index (χ2n) is 20.8. The number of hydrogen-bond donors (Lipinski definition) is 2. The van der Waals surface area contributed by atoms with Crippen LogP contribution in [0.5, 0.6) is 17.2 Å². The maximum Gasteiger partial charge on any atom is 0.344 e. The highest BCUT2D eigenvalue weighted by molar-refractivity contribution is 6.00. The Hall–Kier alpha value is -11.0. The van der Waals surface area contributed by atoms with Crippen molar-refractivity contribution in [2.45, 2.75) is 60.7 Å². The Kier molecular flexibility index (Phi) is 18.1. The molecule has 0 aliphatic carbocycles. The van der Waals surface area contributed by atoms with Crippen molar-refractivity contribution in [3.8, 4) is 50.6 Å². The number of para-hydroxylation sites is 3. The first-order valence-corrected chi connectivity index (χ1v) is 28.3. The van der Waals surface area contributed by atoms with Gasteiger partial charge >= 0.3 is 45.7 Å². The van der Waals surface area contributed by atoms with Gasteiger partial charge in [0.15, 0.2) is 0 Å². The third-order valence-electron chi connectivity index (χ3n) is 14.7. The SMILES string of the molecule is CC(=O)OCc1c(OC(C)=O)ccc2c(-c3cc4ccccc4oc3=O)cc(=O)oc12.CCCN(C)Cc1c(O)ccc2c(-c3cc4ccccc4oc3=O)cc(=O)oc12.CCN(CC)Cc1c(O)ccc2c(-c3cc4ccccc4oc3=O)cc(=O)oc12. The number of phenols is 2. The molecule has 6 aromatic heterocycles. The molecular weight excluding hydrogens is 1140 g/mol. The van der Waals surface area contributed by atoms with E-state index >= 15 is 0 Å². The Morgan fingerprint density at radius 3 is 1.21 bits per heavy atom. The van der Waals surface area contributed by atoms with E-state index in [1.807, 2.05) is 50.1 Å². The molecule has 0 spiro atoms. The van der Waals surface area contributed by atoms with Crippen LogP contribution in [-0.4, -0.2) is 58.6 Å². The molecular formula is C69H58N2O18. The van der Waals surface area contributed by atoms with Crippen LogP contribution in [0.4, 0.5) is 0 Å². The molecule has 6 aromatic carbocycles. The Balaban J connectivity index is 0.000000147. The summed E-state index contributed by atoms with van der Waals surface area (Å²) in [6, 6.07) is 39.7. The molecule has 89 heavy (non-hydrogen) atoms. The molecule has 20 heteroatoms. The third kappa shape index (κ3) is 13.2. The maximum atomic E-state index is 12.7. The van der Waals surface area contributed by atoms with Crippen LogP contribution in [0.15, 0.2) is 201 Å². The van der Waals surface area contributed by atoms with E-state index in [0.29, 0.717) is 73.6 Å². The predicted octanol–water partition coefficient (Wildman–Crippen LogP) is 11.8. The fourth-order valence-electron chi connectivity index (χ4n) is 10.5. The smallest absolute Gasteiger partial charge is 0.344 e. The first kappa shape index (κ1) is 61.1. The molecule has 452 valence electrons. The van der Waals surface area contributed by atoms with Crippen LogP contribution in [0.25, 0.3) is 99.2 Å². The van der Waals surface area contributed by atoms with Gasteiger partial charge in [-0.15, -0.1) is 0 Å². The number of hydrogen-bond acceptors (Lipinski definition) is 20. The van der Waals surface area contributed by atoms with E-state index in [2.05, 4.69) is 11.8 Å². The van der Waals surface area contributed by atoms with Crippen molar-refractivity contribution in [1.29, 1.82) is 0 Å².